The molecule has 0 bridgehead atoms. The second-order valence-electron chi connectivity index (χ2n) is 6.74. The Morgan fingerprint density at radius 2 is 1.90 bits per heavy atom. The van der Waals surface area contributed by atoms with Crippen molar-refractivity contribution in [2.24, 2.45) is 4.99 Å². The topological polar surface area (TPSA) is 96.9 Å². The Morgan fingerprint density at radius 1 is 1.17 bits per heavy atom. The molecule has 10 heteroatoms. The highest BCUT2D eigenvalue weighted by molar-refractivity contribution is 8.15. The smallest absolute Gasteiger partial charge is 0.255 e. The molecule has 0 aliphatic carbocycles. The second kappa shape index (κ2) is 7.89. The van der Waals surface area contributed by atoms with Crippen molar-refractivity contribution in [3.63, 3.8) is 0 Å². The highest BCUT2D eigenvalue weighted by Crippen LogP contribution is 2.34. The molecule has 0 unspecified atom stereocenters. The largest absolute Gasteiger partial charge is 0.495 e. The van der Waals surface area contributed by atoms with E-state index in [1.165, 1.54) is 18.9 Å². The van der Waals surface area contributed by atoms with E-state index in [0.29, 0.717) is 27.2 Å². The molecular formula is C19H18ClN3O4S2. The molecule has 2 N–H and O–H groups in total. The van der Waals surface area contributed by atoms with Crippen LogP contribution >= 0.6 is 23.4 Å². The summed E-state index contributed by atoms with van der Waals surface area (Å²) in [6.07, 6.45) is 0. The number of hydrogen-bond acceptors (Lipinski definition) is 7. The molecular weight excluding hydrogens is 434 g/mol. The molecule has 0 saturated carbocycles. The number of ether oxygens (including phenoxy) is 1. The van der Waals surface area contributed by atoms with E-state index in [9.17, 15) is 13.2 Å². The molecule has 2 aromatic carbocycles. The molecule has 0 aromatic heterocycles. The van der Waals surface area contributed by atoms with Gasteiger partial charge in [-0.3, -0.25) is 9.79 Å². The molecule has 0 spiro atoms. The van der Waals surface area contributed by atoms with Gasteiger partial charge in [-0.05, 0) is 42.5 Å². The number of sulfone groups is 1. The molecule has 1 saturated heterocycles. The third-order valence-electron chi connectivity index (χ3n) is 4.63. The number of amides is 1. The number of halogens is 1. The molecule has 152 valence electrons. The van der Waals surface area contributed by atoms with Crippen LogP contribution in [0.1, 0.15) is 10.4 Å². The summed E-state index contributed by atoms with van der Waals surface area (Å²) in [6, 6.07) is 11.8. The molecule has 2 aliphatic rings. The molecule has 4 rings (SSSR count). The van der Waals surface area contributed by atoms with E-state index in [4.69, 9.17) is 16.3 Å². The van der Waals surface area contributed by atoms with Gasteiger partial charge in [0, 0.05) is 22.2 Å². The van der Waals surface area contributed by atoms with Crippen LogP contribution in [0.5, 0.6) is 5.75 Å². The van der Waals surface area contributed by atoms with E-state index in [1.54, 1.807) is 42.5 Å². The minimum Gasteiger partial charge on any atom is -0.495 e. The minimum absolute atomic E-state index is 0.0103. The van der Waals surface area contributed by atoms with E-state index >= 15 is 0 Å². The van der Waals surface area contributed by atoms with Crippen molar-refractivity contribution in [1.82, 2.24) is 0 Å². The average molecular weight is 452 g/mol. The number of carbonyl (C=O) groups is 1. The zero-order valence-corrected chi connectivity index (χ0v) is 17.8. The van der Waals surface area contributed by atoms with Gasteiger partial charge in [-0.2, -0.15) is 0 Å². The number of hydrogen-bond donors (Lipinski definition) is 2. The number of amidine groups is 1. The first-order valence-corrected chi connectivity index (χ1v) is 11.9. The van der Waals surface area contributed by atoms with E-state index in [-0.39, 0.29) is 28.7 Å². The summed E-state index contributed by atoms with van der Waals surface area (Å²) < 4.78 is 28.4. The lowest BCUT2D eigenvalue weighted by Gasteiger charge is -2.10. The molecule has 1 amide bonds. The van der Waals surface area contributed by atoms with E-state index in [0.717, 1.165) is 5.69 Å². The first kappa shape index (κ1) is 20.1. The molecule has 2 aliphatic heterocycles. The summed E-state index contributed by atoms with van der Waals surface area (Å²) in [5.74, 6) is 0.565. The van der Waals surface area contributed by atoms with Crippen molar-refractivity contribution in [1.29, 1.82) is 0 Å². The number of thioether (sulfide) groups is 1. The van der Waals surface area contributed by atoms with Crippen molar-refractivity contribution in [2.75, 3.05) is 29.2 Å². The first-order chi connectivity index (χ1) is 13.8. The van der Waals surface area contributed by atoms with Gasteiger partial charge in [-0.15, -0.1) is 0 Å². The van der Waals surface area contributed by atoms with Crippen LogP contribution in [-0.2, 0) is 9.84 Å². The first-order valence-electron chi connectivity index (χ1n) is 8.80. The lowest BCUT2D eigenvalue weighted by molar-refractivity contribution is 0.102. The molecule has 2 aromatic rings. The second-order valence-corrected chi connectivity index (χ2v) is 10.5. The maximum absolute atomic E-state index is 12.4. The van der Waals surface area contributed by atoms with Crippen molar-refractivity contribution >= 4 is 55.6 Å². The monoisotopic (exact) mass is 451 g/mol. The SMILES string of the molecule is COc1ccc(NC(=O)c2ccc(NC3=N[C@@H]4CS(=O)(=O)C[C@H]4S3)cc2)cc1Cl. The Bertz CT molecular complexity index is 1090. The fourth-order valence-corrected chi connectivity index (χ4v) is 7.13. The minimum atomic E-state index is -2.96. The van der Waals surface area contributed by atoms with Gasteiger partial charge in [0.05, 0.1) is 29.7 Å². The van der Waals surface area contributed by atoms with E-state index < -0.39 is 9.84 Å². The van der Waals surface area contributed by atoms with Crippen LogP contribution in [0.15, 0.2) is 47.5 Å². The Labute approximate surface area is 177 Å². The normalized spacial score (nSPS) is 21.9. The zero-order chi connectivity index (χ0) is 20.6. The Kier molecular flexibility index (Phi) is 5.46. The van der Waals surface area contributed by atoms with Crippen LogP contribution in [0.2, 0.25) is 5.02 Å². The maximum Gasteiger partial charge on any atom is 0.255 e. The number of nitrogens with one attached hydrogen (secondary N) is 2. The summed E-state index contributed by atoms with van der Waals surface area (Å²) in [4.78, 5) is 16.9. The maximum atomic E-state index is 12.4. The fraction of sp³-hybridized carbons (Fsp3) is 0.263. The van der Waals surface area contributed by atoms with Gasteiger partial charge in [-0.1, -0.05) is 23.4 Å². The molecule has 29 heavy (non-hydrogen) atoms. The van der Waals surface area contributed by atoms with Crippen LogP contribution in [0.25, 0.3) is 0 Å². The standard InChI is InChI=1S/C19H18ClN3O4S2/c1-27-16-7-6-13(8-14(16)20)21-18(24)11-2-4-12(5-3-11)22-19-23-15-9-29(25,26)10-17(15)28-19/h2-8,15,17H,9-10H2,1H3,(H,21,24)(H,22,23)/t15-,17-/m1/s1. The highest BCUT2D eigenvalue weighted by atomic mass is 35.5. The number of anilines is 2. The molecule has 2 atom stereocenters. The lowest BCUT2D eigenvalue weighted by Crippen LogP contribution is -2.13. The van der Waals surface area contributed by atoms with Gasteiger partial charge in [0.1, 0.15) is 5.75 Å². The van der Waals surface area contributed by atoms with Gasteiger partial charge in [0.25, 0.3) is 5.91 Å². The summed E-state index contributed by atoms with van der Waals surface area (Å²) in [5, 5.41) is 7.09. The Balaban J connectivity index is 1.38. The van der Waals surface area contributed by atoms with Crippen molar-refractivity contribution in [3.05, 3.63) is 53.1 Å². The average Bonchev–Trinajstić information content (AvgIpc) is 3.15. The number of carbonyl (C=O) groups excluding carboxylic acids is 1. The van der Waals surface area contributed by atoms with Gasteiger partial charge in [0.15, 0.2) is 15.0 Å². The van der Waals surface area contributed by atoms with Crippen LogP contribution in [-0.4, -0.2) is 49.4 Å². The molecule has 2 heterocycles. The number of benzene rings is 2. The number of nitrogens with zero attached hydrogens (tertiary/aromatic N) is 1. The van der Waals surface area contributed by atoms with E-state index in [1.807, 2.05) is 0 Å². The number of rotatable bonds is 4. The Morgan fingerprint density at radius 3 is 2.55 bits per heavy atom. The summed E-state index contributed by atoms with van der Waals surface area (Å²) in [5.41, 5.74) is 1.84. The summed E-state index contributed by atoms with van der Waals surface area (Å²) in [6.45, 7) is 0. The highest BCUT2D eigenvalue weighted by Gasteiger charge is 2.42. The predicted octanol–water partition coefficient (Wildman–Crippen LogP) is 3.28. The summed E-state index contributed by atoms with van der Waals surface area (Å²) >= 11 is 7.53. The summed E-state index contributed by atoms with van der Waals surface area (Å²) in [7, 11) is -1.44. The third-order valence-corrected chi connectivity index (χ3v) is 8.06. The third kappa shape index (κ3) is 4.52. The van der Waals surface area contributed by atoms with E-state index in [2.05, 4.69) is 15.6 Å². The number of aliphatic imine (C=N–C) groups is 1. The van der Waals surface area contributed by atoms with Crippen molar-refractivity contribution in [2.45, 2.75) is 11.3 Å². The lowest BCUT2D eigenvalue weighted by atomic mass is 10.2. The predicted molar refractivity (Wildman–Crippen MR) is 117 cm³/mol. The van der Waals surface area contributed by atoms with Crippen LogP contribution in [0.3, 0.4) is 0 Å². The molecule has 1 fully saturated rings. The van der Waals surface area contributed by atoms with Crippen LogP contribution < -0.4 is 15.4 Å². The fourth-order valence-electron chi connectivity index (χ4n) is 3.19. The van der Waals surface area contributed by atoms with Crippen LogP contribution in [0.4, 0.5) is 11.4 Å². The zero-order valence-electron chi connectivity index (χ0n) is 15.4. The van der Waals surface area contributed by atoms with Crippen molar-refractivity contribution in [3.8, 4) is 5.75 Å². The van der Waals surface area contributed by atoms with Gasteiger partial charge in [-0.25, -0.2) is 8.42 Å². The van der Waals surface area contributed by atoms with Gasteiger partial charge in [0.2, 0.25) is 0 Å². The number of methoxy groups -OCH3 is 1. The Hall–Kier alpha value is -2.23. The van der Waals surface area contributed by atoms with Gasteiger partial charge < -0.3 is 15.4 Å². The van der Waals surface area contributed by atoms with Crippen LogP contribution in [0, 0.1) is 0 Å². The molecule has 7 nitrogen and oxygen atoms in total. The quantitative estimate of drug-likeness (QED) is 0.740. The number of fused-ring (bicyclic) bond motifs is 1. The molecule has 0 radical (unpaired) electrons. The van der Waals surface area contributed by atoms with Crippen molar-refractivity contribution < 1.29 is 17.9 Å². The van der Waals surface area contributed by atoms with Gasteiger partial charge >= 0.3 is 0 Å².